The SMILES string of the molecule is O=C(Oc1cccnc1)N1CCC[C@H](c2cc[nH]n2)[C@@H]1CO[C@H]1CC[C@@H](c2ccccc2)CC1. The average Bonchev–Trinajstić information content (AvgIpc) is 3.44. The number of hydrogen-bond donors (Lipinski definition) is 1. The first-order valence-electron chi connectivity index (χ1n) is 12.3. The minimum absolute atomic E-state index is 0.113. The number of aromatic nitrogens is 3. The van der Waals surface area contributed by atoms with Crippen molar-refractivity contribution in [3.05, 3.63) is 78.4 Å². The van der Waals surface area contributed by atoms with Gasteiger partial charge in [-0.05, 0) is 68.2 Å². The van der Waals surface area contributed by atoms with Crippen LogP contribution in [-0.4, -0.2) is 51.5 Å². The lowest BCUT2D eigenvalue weighted by atomic mass is 9.82. The van der Waals surface area contributed by atoms with E-state index in [4.69, 9.17) is 9.47 Å². The number of hydrogen-bond acceptors (Lipinski definition) is 5. The summed E-state index contributed by atoms with van der Waals surface area (Å²) in [4.78, 5) is 19.0. The summed E-state index contributed by atoms with van der Waals surface area (Å²) in [7, 11) is 0. The van der Waals surface area contributed by atoms with Crippen LogP contribution in [-0.2, 0) is 4.74 Å². The van der Waals surface area contributed by atoms with Crippen molar-refractivity contribution >= 4 is 6.09 Å². The second-order valence-electron chi connectivity index (χ2n) is 9.28. The summed E-state index contributed by atoms with van der Waals surface area (Å²) >= 11 is 0. The van der Waals surface area contributed by atoms with Gasteiger partial charge in [0.25, 0.3) is 0 Å². The van der Waals surface area contributed by atoms with Gasteiger partial charge < -0.3 is 14.4 Å². The fourth-order valence-corrected chi connectivity index (χ4v) is 5.40. The standard InChI is InChI=1S/C27H32N4O3/c32-27(34-23-8-4-15-28-18-23)31-17-5-9-24(25-14-16-29-30-25)26(31)19-33-22-12-10-21(11-13-22)20-6-2-1-3-7-20/h1-4,6-8,14-16,18,21-22,24,26H,5,9-13,17,19H2,(H,29,30)/t21-,22+,24-,26+/m1/s1. The van der Waals surface area contributed by atoms with Gasteiger partial charge in [0, 0.05) is 24.9 Å². The van der Waals surface area contributed by atoms with Crippen LogP contribution in [0.5, 0.6) is 5.75 Å². The smallest absolute Gasteiger partial charge is 0.409 e. The molecule has 1 aliphatic heterocycles. The number of carbonyl (C=O) groups excluding carboxylic acids is 1. The Labute approximate surface area is 200 Å². The number of carbonyl (C=O) groups is 1. The van der Waals surface area contributed by atoms with Crippen LogP contribution in [0.15, 0.2) is 67.1 Å². The molecule has 7 heteroatoms. The van der Waals surface area contributed by atoms with E-state index in [9.17, 15) is 4.79 Å². The number of piperidine rings is 1. The first kappa shape index (κ1) is 22.6. The van der Waals surface area contributed by atoms with Crippen LogP contribution in [0, 0.1) is 0 Å². The van der Waals surface area contributed by atoms with Crippen molar-refractivity contribution in [2.45, 2.75) is 62.5 Å². The Morgan fingerprint density at radius 2 is 1.88 bits per heavy atom. The number of benzene rings is 1. The first-order chi connectivity index (χ1) is 16.8. The Kier molecular flexibility index (Phi) is 7.19. The first-order valence-corrected chi connectivity index (χ1v) is 12.3. The number of nitrogens with zero attached hydrogens (tertiary/aromatic N) is 3. The number of pyridine rings is 1. The van der Waals surface area contributed by atoms with Gasteiger partial charge >= 0.3 is 6.09 Å². The van der Waals surface area contributed by atoms with Gasteiger partial charge in [-0.2, -0.15) is 5.10 Å². The fourth-order valence-electron chi connectivity index (χ4n) is 5.40. The molecule has 1 aromatic carbocycles. The molecule has 7 nitrogen and oxygen atoms in total. The van der Waals surface area contributed by atoms with Crippen LogP contribution < -0.4 is 4.74 Å². The van der Waals surface area contributed by atoms with E-state index in [0.29, 0.717) is 24.8 Å². The van der Waals surface area contributed by atoms with Gasteiger partial charge in [0.15, 0.2) is 5.75 Å². The Morgan fingerprint density at radius 1 is 1.03 bits per heavy atom. The maximum absolute atomic E-state index is 13.1. The van der Waals surface area contributed by atoms with Crippen LogP contribution >= 0.6 is 0 Å². The largest absolute Gasteiger partial charge is 0.415 e. The topological polar surface area (TPSA) is 80.3 Å². The number of rotatable bonds is 6. The monoisotopic (exact) mass is 460 g/mol. The molecular formula is C27H32N4O3. The van der Waals surface area contributed by atoms with Crippen molar-refractivity contribution in [3.8, 4) is 5.75 Å². The van der Waals surface area contributed by atoms with E-state index in [1.165, 1.54) is 5.56 Å². The summed E-state index contributed by atoms with van der Waals surface area (Å²) in [6, 6.07) is 16.2. The van der Waals surface area contributed by atoms with Crippen LogP contribution in [0.3, 0.4) is 0 Å². The molecule has 2 atom stereocenters. The molecule has 5 rings (SSSR count). The molecule has 34 heavy (non-hydrogen) atoms. The normalized spacial score (nSPS) is 25.1. The summed E-state index contributed by atoms with van der Waals surface area (Å²) in [5.41, 5.74) is 2.40. The van der Waals surface area contributed by atoms with Crippen molar-refractivity contribution in [1.29, 1.82) is 0 Å². The third kappa shape index (κ3) is 5.30. The molecule has 0 bridgehead atoms. The maximum atomic E-state index is 13.1. The van der Waals surface area contributed by atoms with Crippen molar-refractivity contribution < 1.29 is 14.3 Å². The zero-order valence-electron chi connectivity index (χ0n) is 19.4. The lowest BCUT2D eigenvalue weighted by Gasteiger charge is -2.40. The fraction of sp³-hybridized carbons (Fsp3) is 0.444. The molecule has 1 saturated carbocycles. The second-order valence-corrected chi connectivity index (χ2v) is 9.28. The molecule has 3 aromatic rings. The highest BCUT2D eigenvalue weighted by atomic mass is 16.6. The minimum Gasteiger partial charge on any atom is -0.409 e. The molecule has 2 aromatic heterocycles. The van der Waals surface area contributed by atoms with E-state index in [-0.39, 0.29) is 24.2 Å². The zero-order valence-corrected chi connectivity index (χ0v) is 19.4. The van der Waals surface area contributed by atoms with Crippen molar-refractivity contribution in [1.82, 2.24) is 20.1 Å². The van der Waals surface area contributed by atoms with E-state index < -0.39 is 0 Å². The summed E-state index contributed by atoms with van der Waals surface area (Å²) in [6.07, 6.45) is 11.1. The Bertz CT molecular complexity index is 1020. The van der Waals surface area contributed by atoms with Crippen molar-refractivity contribution in [3.63, 3.8) is 0 Å². The molecule has 178 valence electrons. The van der Waals surface area contributed by atoms with E-state index in [1.807, 2.05) is 17.2 Å². The van der Waals surface area contributed by atoms with Crippen LogP contribution in [0.25, 0.3) is 0 Å². The number of likely N-dealkylation sites (tertiary alicyclic amines) is 1. The Balaban J connectivity index is 1.24. The Morgan fingerprint density at radius 3 is 2.62 bits per heavy atom. The third-order valence-electron chi connectivity index (χ3n) is 7.20. The lowest BCUT2D eigenvalue weighted by molar-refractivity contribution is -0.0214. The predicted octanol–water partition coefficient (Wildman–Crippen LogP) is 5.29. The quantitative estimate of drug-likeness (QED) is 0.540. The third-order valence-corrected chi connectivity index (χ3v) is 7.20. The van der Waals surface area contributed by atoms with Gasteiger partial charge in [0.05, 0.1) is 30.6 Å². The lowest BCUT2D eigenvalue weighted by Crippen LogP contribution is -2.51. The van der Waals surface area contributed by atoms with Gasteiger partial charge in [0.2, 0.25) is 0 Å². The molecule has 0 spiro atoms. The van der Waals surface area contributed by atoms with E-state index in [0.717, 1.165) is 44.2 Å². The molecule has 1 amide bonds. The predicted molar refractivity (Wildman–Crippen MR) is 129 cm³/mol. The number of aromatic amines is 1. The van der Waals surface area contributed by atoms with E-state index in [1.54, 1.807) is 24.5 Å². The molecule has 3 heterocycles. The average molecular weight is 461 g/mol. The summed E-state index contributed by atoms with van der Waals surface area (Å²) in [5.74, 6) is 1.17. The molecule has 1 saturated heterocycles. The Hall–Kier alpha value is -3.19. The summed E-state index contributed by atoms with van der Waals surface area (Å²) in [5, 5.41) is 7.36. The van der Waals surface area contributed by atoms with Gasteiger partial charge in [-0.1, -0.05) is 30.3 Å². The number of amides is 1. The van der Waals surface area contributed by atoms with Crippen molar-refractivity contribution in [2.24, 2.45) is 0 Å². The number of H-pyrrole nitrogens is 1. The van der Waals surface area contributed by atoms with Crippen LogP contribution in [0.4, 0.5) is 4.79 Å². The highest BCUT2D eigenvalue weighted by molar-refractivity contribution is 5.71. The number of ether oxygens (including phenoxy) is 2. The summed E-state index contributed by atoms with van der Waals surface area (Å²) in [6.45, 7) is 1.13. The van der Waals surface area contributed by atoms with Gasteiger partial charge in [-0.3, -0.25) is 10.1 Å². The van der Waals surface area contributed by atoms with E-state index in [2.05, 4.69) is 45.5 Å². The maximum Gasteiger partial charge on any atom is 0.415 e. The van der Waals surface area contributed by atoms with Crippen LogP contribution in [0.2, 0.25) is 0 Å². The van der Waals surface area contributed by atoms with E-state index >= 15 is 0 Å². The molecule has 0 radical (unpaired) electrons. The molecule has 2 aliphatic rings. The van der Waals surface area contributed by atoms with Crippen LogP contribution in [0.1, 0.15) is 61.6 Å². The molecule has 1 aliphatic carbocycles. The molecular weight excluding hydrogens is 428 g/mol. The molecule has 0 unspecified atom stereocenters. The second kappa shape index (κ2) is 10.8. The minimum atomic E-state index is -0.352. The van der Waals surface area contributed by atoms with Gasteiger partial charge in [0.1, 0.15) is 0 Å². The van der Waals surface area contributed by atoms with Crippen molar-refractivity contribution in [2.75, 3.05) is 13.2 Å². The molecule has 2 fully saturated rings. The highest BCUT2D eigenvalue weighted by Gasteiger charge is 2.38. The molecule has 1 N–H and O–H groups in total. The summed E-state index contributed by atoms with van der Waals surface area (Å²) < 4.78 is 12.1. The zero-order chi connectivity index (χ0) is 23.2. The highest BCUT2D eigenvalue weighted by Crippen LogP contribution is 2.36. The van der Waals surface area contributed by atoms with Gasteiger partial charge in [-0.15, -0.1) is 0 Å². The van der Waals surface area contributed by atoms with Gasteiger partial charge in [-0.25, -0.2) is 4.79 Å². The number of nitrogens with one attached hydrogen (secondary N) is 1.